The second kappa shape index (κ2) is 8.97. The highest BCUT2D eigenvalue weighted by Crippen LogP contribution is 2.31. The Morgan fingerprint density at radius 1 is 1.13 bits per heavy atom. The highest BCUT2D eigenvalue weighted by molar-refractivity contribution is 8.01. The number of alkyl halides is 3. The Kier molecular flexibility index (Phi) is 6.57. The van der Waals surface area contributed by atoms with Gasteiger partial charge in [0.15, 0.2) is 0 Å². The van der Waals surface area contributed by atoms with E-state index >= 15 is 0 Å². The quantitative estimate of drug-likeness (QED) is 0.655. The van der Waals surface area contributed by atoms with Gasteiger partial charge in [-0.05, 0) is 48.5 Å². The molecule has 1 saturated heterocycles. The first kappa shape index (κ1) is 22.0. The molecule has 30 heavy (non-hydrogen) atoms. The van der Waals surface area contributed by atoms with Crippen molar-refractivity contribution < 1.29 is 32.3 Å². The average Bonchev–Trinajstić information content (AvgIpc) is 2.95. The van der Waals surface area contributed by atoms with Crippen molar-refractivity contribution in [3.63, 3.8) is 0 Å². The van der Waals surface area contributed by atoms with Crippen LogP contribution in [0.5, 0.6) is 5.75 Å². The number of hydrogen-bond acceptors (Lipinski definition) is 5. The van der Waals surface area contributed by atoms with Crippen LogP contribution in [0.3, 0.4) is 0 Å². The van der Waals surface area contributed by atoms with Crippen LogP contribution < -0.4 is 15.0 Å². The summed E-state index contributed by atoms with van der Waals surface area (Å²) in [5, 5.41) is 2.41. The molecule has 3 rings (SSSR count). The monoisotopic (exact) mass is 458 g/mol. The molecule has 6 nitrogen and oxygen atoms in total. The van der Waals surface area contributed by atoms with Gasteiger partial charge in [0.25, 0.3) is 0 Å². The summed E-state index contributed by atoms with van der Waals surface area (Å²) in [7, 11) is 0. The summed E-state index contributed by atoms with van der Waals surface area (Å²) < 4.78 is 40.5. The van der Waals surface area contributed by atoms with Crippen molar-refractivity contribution in [1.82, 2.24) is 0 Å². The maximum absolute atomic E-state index is 12.6. The van der Waals surface area contributed by atoms with E-state index in [2.05, 4.69) is 10.1 Å². The first-order valence-corrected chi connectivity index (χ1v) is 9.95. The van der Waals surface area contributed by atoms with Gasteiger partial charge in [-0.15, -0.1) is 24.9 Å². The molecular formula is C19H14ClF3N2O4S. The van der Waals surface area contributed by atoms with Gasteiger partial charge in [0, 0.05) is 17.1 Å². The summed E-state index contributed by atoms with van der Waals surface area (Å²) in [4.78, 5) is 37.8. The van der Waals surface area contributed by atoms with Gasteiger partial charge in [0.1, 0.15) is 5.75 Å². The molecule has 1 heterocycles. The van der Waals surface area contributed by atoms with Crippen LogP contribution in [-0.2, 0) is 14.4 Å². The fourth-order valence-corrected chi connectivity index (χ4v) is 3.77. The van der Waals surface area contributed by atoms with E-state index in [0.29, 0.717) is 10.7 Å². The number of amides is 3. The number of halogens is 4. The first-order chi connectivity index (χ1) is 14.1. The normalized spacial score (nSPS) is 16.7. The zero-order valence-corrected chi connectivity index (χ0v) is 16.7. The maximum atomic E-state index is 12.6. The molecule has 0 spiro atoms. The number of carbonyl (C=O) groups excluding carboxylic acids is 3. The third kappa shape index (κ3) is 5.67. The molecule has 3 amide bonds. The number of nitrogens with zero attached hydrogens (tertiary/aromatic N) is 1. The van der Waals surface area contributed by atoms with Gasteiger partial charge >= 0.3 is 6.36 Å². The van der Waals surface area contributed by atoms with E-state index in [1.54, 1.807) is 24.3 Å². The Morgan fingerprint density at radius 3 is 2.37 bits per heavy atom. The largest absolute Gasteiger partial charge is 0.573 e. The second-order valence-electron chi connectivity index (χ2n) is 6.17. The Balaban J connectivity index is 1.57. The molecule has 0 aliphatic carbocycles. The van der Waals surface area contributed by atoms with E-state index in [4.69, 9.17) is 11.6 Å². The minimum absolute atomic E-state index is 0.0570. The second-order valence-corrected chi connectivity index (χ2v) is 7.80. The van der Waals surface area contributed by atoms with Gasteiger partial charge in [-0.25, -0.2) is 4.90 Å². The predicted molar refractivity (Wildman–Crippen MR) is 107 cm³/mol. The van der Waals surface area contributed by atoms with E-state index in [0.717, 1.165) is 28.8 Å². The Hall–Kier alpha value is -2.72. The number of benzene rings is 2. The minimum atomic E-state index is -4.84. The number of imide groups is 1. The Morgan fingerprint density at radius 2 is 1.77 bits per heavy atom. The molecule has 2 aromatic rings. The fourth-order valence-electron chi connectivity index (χ4n) is 2.71. The molecule has 1 aliphatic heterocycles. The first-order valence-electron chi connectivity index (χ1n) is 8.52. The van der Waals surface area contributed by atoms with Gasteiger partial charge in [-0.2, -0.15) is 0 Å². The lowest BCUT2D eigenvalue weighted by Gasteiger charge is -2.16. The molecule has 1 atom stereocenters. The van der Waals surface area contributed by atoms with Crippen molar-refractivity contribution in [3.05, 3.63) is 53.6 Å². The third-order valence-corrected chi connectivity index (χ3v) is 5.43. The average molecular weight is 459 g/mol. The molecule has 0 bridgehead atoms. The van der Waals surface area contributed by atoms with Crippen LogP contribution in [0.4, 0.5) is 24.5 Å². The van der Waals surface area contributed by atoms with Crippen molar-refractivity contribution >= 4 is 52.5 Å². The topological polar surface area (TPSA) is 75.7 Å². The summed E-state index contributed by atoms with van der Waals surface area (Å²) in [5.41, 5.74) is 0.676. The highest BCUT2D eigenvalue weighted by Gasteiger charge is 2.40. The molecule has 0 radical (unpaired) electrons. The Bertz CT molecular complexity index is 952. The maximum Gasteiger partial charge on any atom is 0.573 e. The number of thioether (sulfide) groups is 1. The van der Waals surface area contributed by atoms with Crippen molar-refractivity contribution in [2.45, 2.75) is 18.0 Å². The van der Waals surface area contributed by atoms with E-state index in [1.165, 1.54) is 12.1 Å². The van der Waals surface area contributed by atoms with Crippen LogP contribution in [0.1, 0.15) is 6.42 Å². The van der Waals surface area contributed by atoms with Gasteiger partial charge in [-0.1, -0.05) is 11.6 Å². The molecule has 1 N–H and O–H groups in total. The fraction of sp³-hybridized carbons (Fsp3) is 0.211. The summed E-state index contributed by atoms with van der Waals surface area (Å²) in [6, 6.07) is 10.9. The van der Waals surface area contributed by atoms with E-state index in [-0.39, 0.29) is 23.8 Å². The lowest BCUT2D eigenvalue weighted by Crippen LogP contribution is -2.31. The number of nitrogens with one attached hydrogen (secondary N) is 1. The van der Waals surface area contributed by atoms with Crippen LogP contribution in [0.15, 0.2) is 48.5 Å². The van der Waals surface area contributed by atoms with Crippen molar-refractivity contribution in [2.75, 3.05) is 16.0 Å². The van der Waals surface area contributed by atoms with Gasteiger partial charge in [-0.3, -0.25) is 14.4 Å². The smallest absolute Gasteiger partial charge is 0.406 e. The highest BCUT2D eigenvalue weighted by atomic mass is 35.5. The van der Waals surface area contributed by atoms with Crippen LogP contribution >= 0.6 is 23.4 Å². The standard InChI is InChI=1S/C19H14ClF3N2O4S/c20-11-1-3-12(4-2-11)24-16(26)10-30-15-9-17(27)25(18(15)28)13-5-7-14(8-6-13)29-19(21,22)23/h1-8,15H,9-10H2,(H,24,26)/t15-/m0/s1. The molecular weight excluding hydrogens is 445 g/mol. The lowest BCUT2D eigenvalue weighted by atomic mass is 10.3. The zero-order chi connectivity index (χ0) is 21.9. The van der Waals surface area contributed by atoms with Crippen molar-refractivity contribution in [1.29, 1.82) is 0 Å². The van der Waals surface area contributed by atoms with E-state index < -0.39 is 29.2 Å². The molecule has 0 aromatic heterocycles. The Labute approximate surface area is 178 Å². The summed E-state index contributed by atoms with van der Waals surface area (Å²) in [5.74, 6) is -1.91. The van der Waals surface area contributed by atoms with Gasteiger partial charge in [0.2, 0.25) is 17.7 Å². The number of carbonyl (C=O) groups is 3. The number of ether oxygens (including phenoxy) is 1. The third-order valence-electron chi connectivity index (χ3n) is 3.98. The van der Waals surface area contributed by atoms with Crippen LogP contribution in [0.25, 0.3) is 0 Å². The summed E-state index contributed by atoms with van der Waals surface area (Å²) in [6.45, 7) is 0. The van der Waals surface area contributed by atoms with E-state index in [1.807, 2.05) is 0 Å². The van der Waals surface area contributed by atoms with E-state index in [9.17, 15) is 27.6 Å². The summed E-state index contributed by atoms with van der Waals surface area (Å²) >= 11 is 6.79. The molecule has 0 unspecified atom stereocenters. The number of rotatable bonds is 6. The van der Waals surface area contributed by atoms with Crippen molar-refractivity contribution in [2.24, 2.45) is 0 Å². The molecule has 11 heteroatoms. The zero-order valence-electron chi connectivity index (χ0n) is 15.1. The molecule has 1 fully saturated rings. The van der Waals surface area contributed by atoms with Gasteiger partial charge < -0.3 is 10.1 Å². The SMILES string of the molecule is O=C(CS[C@H]1CC(=O)N(c2ccc(OC(F)(F)F)cc2)C1=O)Nc1ccc(Cl)cc1. The van der Waals surface area contributed by atoms with Crippen molar-refractivity contribution in [3.8, 4) is 5.75 Å². The molecule has 1 aliphatic rings. The predicted octanol–water partition coefficient (Wildman–Crippen LogP) is 4.24. The number of hydrogen-bond donors (Lipinski definition) is 1. The van der Waals surface area contributed by atoms with Gasteiger partial charge in [0.05, 0.1) is 16.7 Å². The van der Waals surface area contributed by atoms with Crippen LogP contribution in [0, 0.1) is 0 Å². The molecule has 158 valence electrons. The molecule has 2 aromatic carbocycles. The molecule has 0 saturated carbocycles. The van der Waals surface area contributed by atoms with Crippen LogP contribution in [-0.4, -0.2) is 35.1 Å². The van der Waals surface area contributed by atoms with Crippen LogP contribution in [0.2, 0.25) is 5.02 Å². The minimum Gasteiger partial charge on any atom is -0.406 e. The number of anilines is 2. The lowest BCUT2D eigenvalue weighted by molar-refractivity contribution is -0.274. The summed E-state index contributed by atoms with van der Waals surface area (Å²) in [6.07, 6.45) is -4.95.